The lowest BCUT2D eigenvalue weighted by Gasteiger charge is -2.05. The first-order valence-corrected chi connectivity index (χ1v) is 11.0. The maximum atomic E-state index is 5.73. The van der Waals surface area contributed by atoms with Crippen molar-refractivity contribution in [3.63, 3.8) is 0 Å². The summed E-state index contributed by atoms with van der Waals surface area (Å²) < 4.78 is 5.73. The minimum atomic E-state index is 0.763. The smallest absolute Gasteiger partial charge is 0.0716 e. The maximum Gasteiger partial charge on any atom is 0.0716 e. The molecule has 0 aliphatic heterocycles. The van der Waals surface area contributed by atoms with Gasteiger partial charge < -0.3 is 4.74 Å². The molecule has 0 bridgehead atoms. The molecule has 0 radical (unpaired) electrons. The van der Waals surface area contributed by atoms with Gasteiger partial charge >= 0.3 is 0 Å². The van der Waals surface area contributed by atoms with Gasteiger partial charge in [0.05, 0.1) is 6.61 Å². The summed E-state index contributed by atoms with van der Waals surface area (Å²) in [6, 6.07) is 10.5. The van der Waals surface area contributed by atoms with E-state index in [1.807, 2.05) is 0 Å². The van der Waals surface area contributed by atoms with E-state index in [1.165, 1.54) is 102 Å². The van der Waals surface area contributed by atoms with Gasteiger partial charge in [0.25, 0.3) is 0 Å². The Bertz CT molecular complexity index is 360. The van der Waals surface area contributed by atoms with E-state index >= 15 is 0 Å². The summed E-state index contributed by atoms with van der Waals surface area (Å²) in [6.07, 6.45) is 21.2. The lowest BCUT2D eigenvalue weighted by Crippen LogP contribution is -1.95. The van der Waals surface area contributed by atoms with Crippen LogP contribution in [0.3, 0.4) is 0 Å². The minimum absolute atomic E-state index is 0.763. The van der Waals surface area contributed by atoms with Crippen molar-refractivity contribution in [2.75, 3.05) is 6.61 Å². The largest absolute Gasteiger partial charge is 0.377 e. The van der Waals surface area contributed by atoms with E-state index in [0.29, 0.717) is 0 Å². The normalized spacial score (nSPS) is 11.1. The standard InChI is InChI=1S/C24H42O/c1-2-3-4-5-6-7-8-9-10-11-12-13-14-15-19-22-25-23-24-20-17-16-18-21-24/h16-18,20-21H,2-15,19,22-23H2,1H3. The van der Waals surface area contributed by atoms with Gasteiger partial charge in [-0.05, 0) is 12.0 Å². The first-order valence-electron chi connectivity index (χ1n) is 11.0. The van der Waals surface area contributed by atoms with Gasteiger partial charge in [0.2, 0.25) is 0 Å². The highest BCUT2D eigenvalue weighted by molar-refractivity contribution is 5.13. The molecule has 1 aromatic carbocycles. The summed E-state index contributed by atoms with van der Waals surface area (Å²) in [5.41, 5.74) is 1.28. The topological polar surface area (TPSA) is 9.23 Å². The number of unbranched alkanes of at least 4 members (excludes halogenated alkanes) is 14. The summed E-state index contributed by atoms with van der Waals surface area (Å²) in [7, 11) is 0. The first-order chi connectivity index (χ1) is 12.4. The van der Waals surface area contributed by atoms with Crippen molar-refractivity contribution < 1.29 is 4.74 Å². The van der Waals surface area contributed by atoms with Gasteiger partial charge in [-0.15, -0.1) is 0 Å². The zero-order valence-electron chi connectivity index (χ0n) is 16.8. The van der Waals surface area contributed by atoms with E-state index < -0.39 is 0 Å². The highest BCUT2D eigenvalue weighted by Gasteiger charge is 1.95. The van der Waals surface area contributed by atoms with Gasteiger partial charge in [0, 0.05) is 6.61 Å². The van der Waals surface area contributed by atoms with Crippen LogP contribution in [0.15, 0.2) is 30.3 Å². The number of ether oxygens (including phenoxy) is 1. The molecule has 0 saturated heterocycles. The zero-order valence-corrected chi connectivity index (χ0v) is 16.8. The van der Waals surface area contributed by atoms with Crippen LogP contribution in [0.5, 0.6) is 0 Å². The molecule has 144 valence electrons. The summed E-state index contributed by atoms with van der Waals surface area (Å²) in [4.78, 5) is 0. The first kappa shape index (κ1) is 22.2. The van der Waals surface area contributed by atoms with E-state index in [0.717, 1.165) is 13.2 Å². The second-order valence-corrected chi connectivity index (χ2v) is 7.49. The lowest BCUT2D eigenvalue weighted by molar-refractivity contribution is 0.116. The van der Waals surface area contributed by atoms with E-state index in [-0.39, 0.29) is 0 Å². The van der Waals surface area contributed by atoms with Gasteiger partial charge in [0.1, 0.15) is 0 Å². The van der Waals surface area contributed by atoms with Crippen LogP contribution in [0.25, 0.3) is 0 Å². The molecule has 0 heterocycles. The zero-order chi connectivity index (χ0) is 17.8. The molecule has 1 aromatic rings. The fourth-order valence-corrected chi connectivity index (χ4v) is 3.34. The van der Waals surface area contributed by atoms with Crippen LogP contribution in [0.2, 0.25) is 0 Å². The fraction of sp³-hybridized carbons (Fsp3) is 0.750. The van der Waals surface area contributed by atoms with Gasteiger partial charge in [-0.2, -0.15) is 0 Å². The quantitative estimate of drug-likeness (QED) is 0.244. The monoisotopic (exact) mass is 346 g/mol. The van der Waals surface area contributed by atoms with Crippen LogP contribution in [0, 0.1) is 0 Å². The second kappa shape index (κ2) is 18.0. The van der Waals surface area contributed by atoms with Crippen LogP contribution in [0.4, 0.5) is 0 Å². The lowest BCUT2D eigenvalue weighted by atomic mass is 10.0. The molecule has 0 N–H and O–H groups in total. The Hall–Kier alpha value is -0.820. The van der Waals surface area contributed by atoms with Gasteiger partial charge in [0.15, 0.2) is 0 Å². The number of hydrogen-bond acceptors (Lipinski definition) is 1. The van der Waals surface area contributed by atoms with Crippen molar-refractivity contribution in [3.05, 3.63) is 35.9 Å². The van der Waals surface area contributed by atoms with E-state index in [1.54, 1.807) is 0 Å². The molecule has 1 nitrogen and oxygen atoms in total. The Morgan fingerprint density at radius 1 is 0.560 bits per heavy atom. The van der Waals surface area contributed by atoms with E-state index in [2.05, 4.69) is 37.3 Å². The van der Waals surface area contributed by atoms with E-state index in [4.69, 9.17) is 4.74 Å². The van der Waals surface area contributed by atoms with Crippen LogP contribution in [-0.2, 0) is 11.3 Å². The van der Waals surface area contributed by atoms with E-state index in [9.17, 15) is 0 Å². The molecular formula is C24H42O. The molecule has 0 unspecified atom stereocenters. The number of hydrogen-bond donors (Lipinski definition) is 0. The van der Waals surface area contributed by atoms with Crippen LogP contribution in [-0.4, -0.2) is 6.61 Å². The third-order valence-electron chi connectivity index (χ3n) is 5.00. The SMILES string of the molecule is CCCCCCCCCCCCCCCCCOCc1ccccc1. The third-order valence-corrected chi connectivity index (χ3v) is 5.00. The minimum Gasteiger partial charge on any atom is -0.377 e. The molecule has 0 aliphatic carbocycles. The summed E-state index contributed by atoms with van der Waals surface area (Å²) in [5, 5.41) is 0. The molecule has 1 rings (SSSR count). The van der Waals surface area contributed by atoms with Gasteiger partial charge in [-0.3, -0.25) is 0 Å². The van der Waals surface area contributed by atoms with Gasteiger partial charge in [-0.1, -0.05) is 127 Å². The molecule has 0 spiro atoms. The molecular weight excluding hydrogens is 304 g/mol. The van der Waals surface area contributed by atoms with Crippen LogP contribution >= 0.6 is 0 Å². The summed E-state index contributed by atoms with van der Waals surface area (Å²) in [5.74, 6) is 0. The number of rotatable bonds is 18. The number of benzene rings is 1. The molecule has 0 fully saturated rings. The fourth-order valence-electron chi connectivity index (χ4n) is 3.34. The highest BCUT2D eigenvalue weighted by Crippen LogP contribution is 2.13. The van der Waals surface area contributed by atoms with Crippen molar-refractivity contribution in [1.29, 1.82) is 0 Å². The van der Waals surface area contributed by atoms with Gasteiger partial charge in [-0.25, -0.2) is 0 Å². The Kier molecular flexibility index (Phi) is 16.0. The molecule has 0 amide bonds. The van der Waals surface area contributed by atoms with Crippen LogP contribution in [0.1, 0.15) is 109 Å². The highest BCUT2D eigenvalue weighted by atomic mass is 16.5. The van der Waals surface area contributed by atoms with Crippen molar-refractivity contribution in [3.8, 4) is 0 Å². The Labute approximate surface area is 157 Å². The van der Waals surface area contributed by atoms with Crippen molar-refractivity contribution in [2.24, 2.45) is 0 Å². The molecule has 0 saturated carbocycles. The molecule has 0 aliphatic rings. The Morgan fingerprint density at radius 3 is 1.48 bits per heavy atom. The predicted octanol–water partition coefficient (Wildman–Crippen LogP) is 8.07. The van der Waals surface area contributed by atoms with Crippen molar-refractivity contribution >= 4 is 0 Å². The van der Waals surface area contributed by atoms with Crippen LogP contribution < -0.4 is 0 Å². The average molecular weight is 347 g/mol. The second-order valence-electron chi connectivity index (χ2n) is 7.49. The Balaban J connectivity index is 1.69. The molecule has 25 heavy (non-hydrogen) atoms. The molecule has 0 aromatic heterocycles. The molecule has 0 atom stereocenters. The Morgan fingerprint density at radius 2 is 1.00 bits per heavy atom. The summed E-state index contributed by atoms with van der Waals surface area (Å²) >= 11 is 0. The van der Waals surface area contributed by atoms with Crippen molar-refractivity contribution in [2.45, 2.75) is 110 Å². The molecule has 1 heteroatoms. The third kappa shape index (κ3) is 15.2. The average Bonchev–Trinajstić information content (AvgIpc) is 2.65. The maximum absolute atomic E-state index is 5.73. The predicted molar refractivity (Wildman–Crippen MR) is 111 cm³/mol. The summed E-state index contributed by atoms with van der Waals surface area (Å²) in [6.45, 7) is 3.96. The van der Waals surface area contributed by atoms with Crippen molar-refractivity contribution in [1.82, 2.24) is 0 Å².